The van der Waals surface area contributed by atoms with Crippen molar-refractivity contribution in [3.05, 3.63) is 0 Å². The number of aliphatic carboxylic acids is 1. The number of aliphatic hydroxyl groups is 1. The number of carboxylic acid groups (broad SMARTS) is 1. The number of carbonyl (C=O) groups is 2. The molecule has 1 atom stereocenters. The molecule has 3 N–H and O–H groups in total. The lowest BCUT2D eigenvalue weighted by molar-refractivity contribution is -0.164. The fraction of sp³-hybridized carbons (Fsp3) is 0.818. The maximum Gasteiger partial charge on any atom is 0.410 e. The summed E-state index contributed by atoms with van der Waals surface area (Å²) in [7, 11) is 0. The summed E-state index contributed by atoms with van der Waals surface area (Å²) in [5, 5.41) is 20.7. The lowest BCUT2D eigenvalue weighted by Crippen LogP contribution is -2.56. The Labute approximate surface area is 101 Å². The maximum atomic E-state index is 11.4. The molecule has 0 aromatic rings. The number of ether oxygens (including phenoxy) is 1. The quantitative estimate of drug-likeness (QED) is 0.651. The molecule has 0 fully saturated rings. The van der Waals surface area contributed by atoms with E-state index < -0.39 is 23.4 Å². The Morgan fingerprint density at radius 3 is 2.06 bits per heavy atom. The van der Waals surface area contributed by atoms with Crippen LogP contribution in [0.2, 0.25) is 0 Å². The number of hydrogen-bond acceptors (Lipinski definition) is 4. The van der Waals surface area contributed by atoms with Crippen molar-refractivity contribution in [2.24, 2.45) is 5.92 Å². The van der Waals surface area contributed by atoms with E-state index in [0.29, 0.717) is 0 Å². The van der Waals surface area contributed by atoms with Crippen LogP contribution in [0, 0.1) is 5.92 Å². The summed E-state index contributed by atoms with van der Waals surface area (Å²) in [6.07, 6.45) is -1.05. The number of carbonyl (C=O) groups excluding carboxylic acids is 1. The Balaban J connectivity index is 4.67. The molecule has 0 aromatic carbocycles. The standard InChI is InChI=1S/C11H21NO5/c1-7(2)6-11(16,8(13)14)12-9(15)17-10(3,4)5/h7,16H,6H2,1-5H3,(H,12,15)(H,13,14)/t11-/m0/s1. The van der Waals surface area contributed by atoms with Gasteiger partial charge in [0.05, 0.1) is 0 Å². The molecule has 1 amide bonds. The molecule has 100 valence electrons. The van der Waals surface area contributed by atoms with E-state index in [2.05, 4.69) is 0 Å². The fourth-order valence-corrected chi connectivity index (χ4v) is 1.26. The van der Waals surface area contributed by atoms with E-state index >= 15 is 0 Å². The summed E-state index contributed by atoms with van der Waals surface area (Å²) >= 11 is 0. The maximum absolute atomic E-state index is 11.4. The summed E-state index contributed by atoms with van der Waals surface area (Å²) in [4.78, 5) is 22.3. The van der Waals surface area contributed by atoms with Crippen molar-refractivity contribution in [3.8, 4) is 0 Å². The lowest BCUT2D eigenvalue weighted by atomic mass is 10.0. The van der Waals surface area contributed by atoms with E-state index in [4.69, 9.17) is 9.84 Å². The Morgan fingerprint density at radius 1 is 1.29 bits per heavy atom. The van der Waals surface area contributed by atoms with E-state index in [9.17, 15) is 14.7 Å². The highest BCUT2D eigenvalue weighted by molar-refractivity contribution is 5.82. The van der Waals surface area contributed by atoms with Crippen molar-refractivity contribution >= 4 is 12.1 Å². The van der Waals surface area contributed by atoms with Crippen LogP contribution in [0.15, 0.2) is 0 Å². The number of amides is 1. The van der Waals surface area contributed by atoms with Gasteiger partial charge in [0, 0.05) is 6.42 Å². The van der Waals surface area contributed by atoms with Gasteiger partial charge in [0.15, 0.2) is 0 Å². The second kappa shape index (κ2) is 5.35. The third-order valence-corrected chi connectivity index (χ3v) is 1.77. The zero-order chi connectivity index (χ0) is 13.9. The molecule has 0 radical (unpaired) electrons. The van der Waals surface area contributed by atoms with Crippen molar-refractivity contribution in [1.29, 1.82) is 0 Å². The van der Waals surface area contributed by atoms with E-state index in [1.54, 1.807) is 34.6 Å². The predicted molar refractivity (Wildman–Crippen MR) is 61.4 cm³/mol. The van der Waals surface area contributed by atoms with Crippen LogP contribution in [0.4, 0.5) is 4.79 Å². The summed E-state index contributed by atoms with van der Waals surface area (Å²) in [5.74, 6) is -1.59. The van der Waals surface area contributed by atoms with Gasteiger partial charge in [-0.25, -0.2) is 9.59 Å². The minimum Gasteiger partial charge on any atom is -0.478 e. The highest BCUT2D eigenvalue weighted by Gasteiger charge is 2.39. The van der Waals surface area contributed by atoms with Crippen LogP contribution in [0.1, 0.15) is 41.0 Å². The Kier molecular flexibility index (Phi) is 4.94. The predicted octanol–water partition coefficient (Wildman–Crippen LogP) is 1.33. The van der Waals surface area contributed by atoms with Crippen molar-refractivity contribution in [2.45, 2.75) is 52.4 Å². The van der Waals surface area contributed by atoms with Gasteiger partial charge in [-0.05, 0) is 26.7 Å². The molecule has 6 nitrogen and oxygen atoms in total. The van der Waals surface area contributed by atoms with Gasteiger partial charge in [-0.2, -0.15) is 0 Å². The van der Waals surface area contributed by atoms with Gasteiger partial charge in [-0.1, -0.05) is 13.8 Å². The molecule has 6 heteroatoms. The van der Waals surface area contributed by atoms with Crippen molar-refractivity contribution in [3.63, 3.8) is 0 Å². The second-order valence-corrected chi connectivity index (χ2v) is 5.39. The Bertz CT molecular complexity index is 295. The van der Waals surface area contributed by atoms with Crippen LogP contribution >= 0.6 is 0 Å². The van der Waals surface area contributed by atoms with Gasteiger partial charge in [0.2, 0.25) is 5.72 Å². The molecule has 0 aliphatic rings. The summed E-state index contributed by atoms with van der Waals surface area (Å²) in [5.41, 5.74) is -3.04. The van der Waals surface area contributed by atoms with Crippen molar-refractivity contribution < 1.29 is 24.5 Å². The average molecular weight is 247 g/mol. The van der Waals surface area contributed by atoms with Gasteiger partial charge < -0.3 is 14.9 Å². The molecule has 0 aromatic heterocycles. The molecular weight excluding hydrogens is 226 g/mol. The van der Waals surface area contributed by atoms with E-state index in [1.807, 2.05) is 5.32 Å². The van der Waals surface area contributed by atoms with Crippen LogP contribution in [-0.2, 0) is 9.53 Å². The highest BCUT2D eigenvalue weighted by atomic mass is 16.6. The first-order chi connectivity index (χ1) is 7.46. The van der Waals surface area contributed by atoms with Crippen LogP contribution in [0.25, 0.3) is 0 Å². The third-order valence-electron chi connectivity index (χ3n) is 1.77. The normalized spacial score (nSPS) is 15.2. The fourth-order valence-electron chi connectivity index (χ4n) is 1.26. The molecule has 0 bridgehead atoms. The molecule has 0 spiro atoms. The van der Waals surface area contributed by atoms with Crippen molar-refractivity contribution in [2.75, 3.05) is 0 Å². The number of rotatable bonds is 4. The minimum absolute atomic E-state index is 0.0916. The first-order valence-electron chi connectivity index (χ1n) is 5.43. The molecule has 17 heavy (non-hydrogen) atoms. The average Bonchev–Trinajstić information content (AvgIpc) is 1.96. The van der Waals surface area contributed by atoms with Gasteiger partial charge in [0.1, 0.15) is 5.60 Å². The van der Waals surface area contributed by atoms with E-state index in [-0.39, 0.29) is 12.3 Å². The van der Waals surface area contributed by atoms with Gasteiger partial charge in [0.25, 0.3) is 0 Å². The smallest absolute Gasteiger partial charge is 0.410 e. The zero-order valence-electron chi connectivity index (χ0n) is 10.9. The number of carboxylic acids is 1. The first kappa shape index (κ1) is 15.7. The van der Waals surface area contributed by atoms with Crippen LogP contribution in [-0.4, -0.2) is 33.6 Å². The minimum atomic E-state index is -2.30. The molecule has 0 saturated carbocycles. The van der Waals surface area contributed by atoms with E-state index in [0.717, 1.165) is 0 Å². The molecule has 0 aliphatic heterocycles. The Hall–Kier alpha value is -1.30. The Morgan fingerprint density at radius 2 is 1.76 bits per heavy atom. The lowest BCUT2D eigenvalue weighted by Gasteiger charge is -2.28. The van der Waals surface area contributed by atoms with Gasteiger partial charge >= 0.3 is 12.1 Å². The summed E-state index contributed by atoms with van der Waals surface area (Å²) < 4.78 is 4.89. The van der Waals surface area contributed by atoms with E-state index in [1.165, 1.54) is 0 Å². The molecule has 0 unspecified atom stereocenters. The molecule has 0 aliphatic carbocycles. The third kappa shape index (κ3) is 6.11. The SMILES string of the molecule is CC(C)C[C@@](O)(NC(=O)OC(C)(C)C)C(=O)O. The summed E-state index contributed by atoms with van der Waals surface area (Å²) in [6.45, 7) is 8.42. The van der Waals surface area contributed by atoms with Crippen molar-refractivity contribution in [1.82, 2.24) is 5.32 Å². The highest BCUT2D eigenvalue weighted by Crippen LogP contribution is 2.16. The number of nitrogens with one attached hydrogen (secondary N) is 1. The van der Waals surface area contributed by atoms with Crippen LogP contribution < -0.4 is 5.32 Å². The number of alkyl carbamates (subject to hydrolysis) is 1. The monoisotopic (exact) mass is 247 g/mol. The second-order valence-electron chi connectivity index (χ2n) is 5.39. The van der Waals surface area contributed by atoms with Gasteiger partial charge in [-0.15, -0.1) is 0 Å². The van der Waals surface area contributed by atoms with Crippen LogP contribution in [0.5, 0.6) is 0 Å². The molecular formula is C11H21NO5. The zero-order valence-corrected chi connectivity index (χ0v) is 10.9. The molecule has 0 heterocycles. The number of hydrogen-bond donors (Lipinski definition) is 3. The first-order valence-corrected chi connectivity index (χ1v) is 5.43. The molecule has 0 saturated heterocycles. The topological polar surface area (TPSA) is 95.9 Å². The van der Waals surface area contributed by atoms with Gasteiger partial charge in [-0.3, -0.25) is 5.32 Å². The van der Waals surface area contributed by atoms with Crippen LogP contribution in [0.3, 0.4) is 0 Å². The molecule has 0 rings (SSSR count). The largest absolute Gasteiger partial charge is 0.478 e. The summed E-state index contributed by atoms with van der Waals surface area (Å²) in [6, 6.07) is 0.